The van der Waals surface area contributed by atoms with Crippen molar-refractivity contribution in [2.75, 3.05) is 19.6 Å². The maximum Gasteiger partial charge on any atom is 0.0931 e. The van der Waals surface area contributed by atoms with Crippen LogP contribution in [0.2, 0.25) is 0 Å². The van der Waals surface area contributed by atoms with Crippen LogP contribution in [0.3, 0.4) is 0 Å². The molecule has 0 aromatic carbocycles. The van der Waals surface area contributed by atoms with Crippen LogP contribution in [-0.4, -0.2) is 34.6 Å². The summed E-state index contributed by atoms with van der Waals surface area (Å²) in [5.74, 6) is 0. The summed E-state index contributed by atoms with van der Waals surface area (Å²) in [4.78, 5) is 6.05. The lowest BCUT2D eigenvalue weighted by Gasteiger charge is -2.22. The molecule has 0 aliphatic rings. The lowest BCUT2D eigenvalue weighted by Crippen LogP contribution is -2.29. The van der Waals surface area contributed by atoms with Crippen LogP contribution in [0.5, 0.6) is 0 Å². The highest BCUT2D eigenvalue weighted by Crippen LogP contribution is 2.12. The van der Waals surface area contributed by atoms with Gasteiger partial charge in [0, 0.05) is 37.6 Å². The van der Waals surface area contributed by atoms with Crippen molar-refractivity contribution in [2.24, 2.45) is 0 Å². The molecule has 3 heteroatoms. The lowest BCUT2D eigenvalue weighted by atomic mass is 10.1. The average Bonchev–Trinajstić information content (AvgIpc) is 2.31. The molecule has 0 fully saturated rings. The molecule has 0 aliphatic heterocycles. The molecular formula is C13H18N2O. The first-order valence-corrected chi connectivity index (χ1v) is 5.30. The third-order valence-corrected chi connectivity index (χ3v) is 2.27. The summed E-state index contributed by atoms with van der Waals surface area (Å²) in [5, 5.41) is 9.99. The van der Waals surface area contributed by atoms with E-state index in [-0.39, 0.29) is 0 Å². The summed E-state index contributed by atoms with van der Waals surface area (Å²) in [6.45, 7) is 9.42. The lowest BCUT2D eigenvalue weighted by molar-refractivity contribution is 0.125. The molecule has 3 nitrogen and oxygen atoms in total. The highest BCUT2D eigenvalue weighted by atomic mass is 16.3. The Morgan fingerprint density at radius 1 is 1.38 bits per heavy atom. The SMILES string of the molecule is C=CCN(CC=C)CC(O)c1cccnc1. The third-order valence-electron chi connectivity index (χ3n) is 2.27. The van der Waals surface area contributed by atoms with Gasteiger partial charge in [0.2, 0.25) is 0 Å². The summed E-state index contributed by atoms with van der Waals surface area (Å²) < 4.78 is 0. The molecule has 0 amide bonds. The van der Waals surface area contributed by atoms with Gasteiger partial charge in [-0.05, 0) is 6.07 Å². The molecule has 1 atom stereocenters. The second-order valence-corrected chi connectivity index (χ2v) is 3.60. The summed E-state index contributed by atoms with van der Waals surface area (Å²) in [6, 6.07) is 3.70. The smallest absolute Gasteiger partial charge is 0.0931 e. The summed E-state index contributed by atoms with van der Waals surface area (Å²) >= 11 is 0. The zero-order valence-corrected chi connectivity index (χ0v) is 9.42. The van der Waals surface area contributed by atoms with Gasteiger partial charge in [0.25, 0.3) is 0 Å². The standard InChI is InChI=1S/C13H18N2O/c1-3-8-15(9-4-2)11-13(16)12-6-5-7-14-10-12/h3-7,10,13,16H,1-2,8-9,11H2. The first kappa shape index (κ1) is 12.6. The molecule has 0 saturated heterocycles. The highest BCUT2D eigenvalue weighted by Gasteiger charge is 2.11. The molecule has 0 bridgehead atoms. The molecule has 1 aromatic rings. The topological polar surface area (TPSA) is 36.4 Å². The molecule has 1 unspecified atom stereocenters. The monoisotopic (exact) mass is 218 g/mol. The third kappa shape index (κ3) is 3.96. The van der Waals surface area contributed by atoms with Gasteiger partial charge < -0.3 is 5.11 Å². The van der Waals surface area contributed by atoms with E-state index in [2.05, 4.69) is 23.0 Å². The van der Waals surface area contributed by atoms with Crippen molar-refractivity contribution in [3.8, 4) is 0 Å². The van der Waals surface area contributed by atoms with Crippen molar-refractivity contribution >= 4 is 0 Å². The quantitative estimate of drug-likeness (QED) is 0.709. The zero-order chi connectivity index (χ0) is 11.8. The number of hydrogen-bond donors (Lipinski definition) is 1. The van der Waals surface area contributed by atoms with E-state index in [1.165, 1.54) is 0 Å². The minimum atomic E-state index is -0.520. The predicted octanol–water partition coefficient (Wildman–Crippen LogP) is 1.79. The van der Waals surface area contributed by atoms with E-state index in [1.807, 2.05) is 24.3 Å². The van der Waals surface area contributed by atoms with Gasteiger partial charge in [-0.15, -0.1) is 13.2 Å². The van der Waals surface area contributed by atoms with Crippen LogP contribution in [0.4, 0.5) is 0 Å². The second kappa shape index (κ2) is 6.93. The minimum absolute atomic E-state index is 0.520. The van der Waals surface area contributed by atoms with Gasteiger partial charge in [-0.3, -0.25) is 9.88 Å². The summed E-state index contributed by atoms with van der Waals surface area (Å²) in [5.41, 5.74) is 0.834. The van der Waals surface area contributed by atoms with Gasteiger partial charge in [-0.1, -0.05) is 18.2 Å². The van der Waals surface area contributed by atoms with Crippen LogP contribution < -0.4 is 0 Å². The van der Waals surface area contributed by atoms with Gasteiger partial charge in [0.15, 0.2) is 0 Å². The van der Waals surface area contributed by atoms with E-state index in [0.717, 1.165) is 18.7 Å². The molecule has 1 heterocycles. The van der Waals surface area contributed by atoms with Gasteiger partial charge in [0.1, 0.15) is 0 Å². The zero-order valence-electron chi connectivity index (χ0n) is 9.42. The summed E-state index contributed by atoms with van der Waals surface area (Å²) in [6.07, 6.45) is 6.50. The number of pyridine rings is 1. The van der Waals surface area contributed by atoms with Gasteiger partial charge in [-0.2, -0.15) is 0 Å². The molecule has 1 N–H and O–H groups in total. The van der Waals surface area contributed by atoms with Crippen LogP contribution in [0.15, 0.2) is 49.8 Å². The van der Waals surface area contributed by atoms with E-state index < -0.39 is 6.10 Å². The fourth-order valence-corrected chi connectivity index (χ4v) is 1.51. The fourth-order valence-electron chi connectivity index (χ4n) is 1.51. The van der Waals surface area contributed by atoms with E-state index in [9.17, 15) is 5.11 Å². The van der Waals surface area contributed by atoms with Gasteiger partial charge >= 0.3 is 0 Å². The van der Waals surface area contributed by atoms with E-state index in [4.69, 9.17) is 0 Å². The van der Waals surface area contributed by atoms with Gasteiger partial charge in [0.05, 0.1) is 6.10 Å². The Morgan fingerprint density at radius 3 is 2.56 bits per heavy atom. The molecule has 1 rings (SSSR count). The normalized spacial score (nSPS) is 12.4. The highest BCUT2D eigenvalue weighted by molar-refractivity contribution is 5.12. The number of aromatic nitrogens is 1. The minimum Gasteiger partial charge on any atom is -0.387 e. The number of aliphatic hydroxyl groups is 1. The van der Waals surface area contributed by atoms with Crippen molar-refractivity contribution in [3.05, 3.63) is 55.4 Å². The Balaban J connectivity index is 2.57. The van der Waals surface area contributed by atoms with Crippen LogP contribution in [0, 0.1) is 0 Å². The Hall–Kier alpha value is -1.45. The molecule has 0 aliphatic carbocycles. The summed E-state index contributed by atoms with van der Waals surface area (Å²) in [7, 11) is 0. The maximum absolute atomic E-state index is 9.99. The van der Waals surface area contributed by atoms with Crippen molar-refractivity contribution in [1.29, 1.82) is 0 Å². The van der Waals surface area contributed by atoms with Crippen LogP contribution >= 0.6 is 0 Å². The van der Waals surface area contributed by atoms with Gasteiger partial charge in [-0.25, -0.2) is 0 Å². The van der Waals surface area contributed by atoms with Crippen LogP contribution in [0.1, 0.15) is 11.7 Å². The Morgan fingerprint density at radius 2 is 2.06 bits per heavy atom. The Labute approximate surface area is 96.7 Å². The first-order valence-electron chi connectivity index (χ1n) is 5.30. The average molecular weight is 218 g/mol. The van der Waals surface area contributed by atoms with E-state index >= 15 is 0 Å². The molecule has 0 radical (unpaired) electrons. The fraction of sp³-hybridized carbons (Fsp3) is 0.308. The Kier molecular flexibility index (Phi) is 5.46. The molecule has 1 aromatic heterocycles. The maximum atomic E-state index is 9.99. The van der Waals surface area contributed by atoms with Crippen molar-refractivity contribution in [1.82, 2.24) is 9.88 Å². The van der Waals surface area contributed by atoms with Crippen molar-refractivity contribution < 1.29 is 5.11 Å². The molecule has 86 valence electrons. The van der Waals surface area contributed by atoms with Crippen molar-refractivity contribution in [3.63, 3.8) is 0 Å². The van der Waals surface area contributed by atoms with E-state index in [0.29, 0.717) is 6.54 Å². The molecule has 0 saturated carbocycles. The first-order chi connectivity index (χ1) is 7.77. The molecular weight excluding hydrogens is 200 g/mol. The Bertz CT molecular complexity index is 314. The van der Waals surface area contributed by atoms with Crippen molar-refractivity contribution in [2.45, 2.75) is 6.10 Å². The predicted molar refractivity (Wildman–Crippen MR) is 66.0 cm³/mol. The van der Waals surface area contributed by atoms with Crippen LogP contribution in [-0.2, 0) is 0 Å². The number of hydrogen-bond acceptors (Lipinski definition) is 3. The van der Waals surface area contributed by atoms with E-state index in [1.54, 1.807) is 12.4 Å². The number of nitrogens with zero attached hydrogens (tertiary/aromatic N) is 2. The molecule has 0 spiro atoms. The second-order valence-electron chi connectivity index (χ2n) is 3.60. The number of aliphatic hydroxyl groups excluding tert-OH is 1. The molecule has 16 heavy (non-hydrogen) atoms. The number of rotatable bonds is 7. The van der Waals surface area contributed by atoms with Crippen LogP contribution in [0.25, 0.3) is 0 Å². The largest absolute Gasteiger partial charge is 0.387 e.